The van der Waals surface area contributed by atoms with Crippen LogP contribution in [0.2, 0.25) is 0 Å². The lowest BCUT2D eigenvalue weighted by atomic mass is 10.3. The van der Waals surface area contributed by atoms with E-state index in [4.69, 9.17) is 0 Å². The summed E-state index contributed by atoms with van der Waals surface area (Å²) in [5, 5.41) is 9.40. The Balaban J connectivity index is 1.64. The van der Waals surface area contributed by atoms with Crippen molar-refractivity contribution in [2.45, 2.75) is 37.4 Å². The number of anilines is 1. The molecule has 0 spiro atoms. The van der Waals surface area contributed by atoms with Crippen molar-refractivity contribution in [1.29, 1.82) is 0 Å². The summed E-state index contributed by atoms with van der Waals surface area (Å²) in [7, 11) is 1.80. The largest absolute Gasteiger partial charge is 0.315 e. The normalized spacial score (nSPS) is 14.1. The van der Waals surface area contributed by atoms with E-state index in [0.29, 0.717) is 11.7 Å². The lowest BCUT2D eigenvalue weighted by molar-refractivity contribution is -0.115. The maximum Gasteiger partial charge on any atom is 0.237 e. The van der Waals surface area contributed by atoms with Gasteiger partial charge in [0, 0.05) is 25.2 Å². The van der Waals surface area contributed by atoms with Gasteiger partial charge in [0.25, 0.3) is 0 Å². The Morgan fingerprint density at radius 3 is 2.68 bits per heavy atom. The second kappa shape index (κ2) is 6.52. The number of amides is 1. The van der Waals surface area contributed by atoms with Crippen LogP contribution in [-0.4, -0.2) is 33.5 Å². The Hall–Kier alpha value is -1.82. The Kier molecular flexibility index (Phi) is 4.47. The molecule has 3 rings (SSSR count). The Morgan fingerprint density at radius 2 is 2.05 bits per heavy atom. The molecule has 0 atom stereocenters. The number of thioether (sulfide) groups is 1. The molecule has 1 heterocycles. The molecule has 2 aromatic rings. The summed E-state index contributed by atoms with van der Waals surface area (Å²) < 4.78 is 2.14. The number of aromatic nitrogens is 3. The van der Waals surface area contributed by atoms with E-state index in [9.17, 15) is 4.79 Å². The van der Waals surface area contributed by atoms with E-state index in [1.807, 2.05) is 30.3 Å². The van der Waals surface area contributed by atoms with Crippen molar-refractivity contribution in [1.82, 2.24) is 14.8 Å². The van der Waals surface area contributed by atoms with Crippen molar-refractivity contribution in [2.24, 2.45) is 0 Å². The van der Waals surface area contributed by atoms with Gasteiger partial charge < -0.3 is 9.47 Å². The number of para-hydroxylation sites is 1. The molecule has 0 aliphatic heterocycles. The first-order valence-electron chi connectivity index (χ1n) is 7.58. The number of hydrogen-bond acceptors (Lipinski definition) is 4. The summed E-state index contributed by atoms with van der Waals surface area (Å²) in [6, 6.07) is 9.67. The Morgan fingerprint density at radius 1 is 1.32 bits per heavy atom. The van der Waals surface area contributed by atoms with Crippen LogP contribution in [0.25, 0.3) is 0 Å². The summed E-state index contributed by atoms with van der Waals surface area (Å²) in [4.78, 5) is 14.0. The molecule has 1 fully saturated rings. The number of hydrogen-bond donors (Lipinski definition) is 0. The molecule has 116 valence electrons. The van der Waals surface area contributed by atoms with E-state index in [0.717, 1.165) is 23.2 Å². The third-order valence-electron chi connectivity index (χ3n) is 3.85. The maximum atomic E-state index is 12.3. The van der Waals surface area contributed by atoms with E-state index in [2.05, 4.69) is 21.7 Å². The minimum atomic E-state index is 0.0647. The highest BCUT2D eigenvalue weighted by Gasteiger charge is 2.30. The van der Waals surface area contributed by atoms with Crippen molar-refractivity contribution >= 4 is 23.4 Å². The van der Waals surface area contributed by atoms with Crippen LogP contribution in [-0.2, 0) is 11.3 Å². The number of benzene rings is 1. The topological polar surface area (TPSA) is 51.0 Å². The van der Waals surface area contributed by atoms with Gasteiger partial charge in [-0.3, -0.25) is 4.79 Å². The predicted molar refractivity (Wildman–Crippen MR) is 88.2 cm³/mol. The number of rotatable bonds is 6. The number of carbonyl (C=O) groups excluding carboxylic acids is 1. The average molecular weight is 316 g/mol. The minimum Gasteiger partial charge on any atom is -0.315 e. The smallest absolute Gasteiger partial charge is 0.237 e. The fraction of sp³-hybridized carbons (Fsp3) is 0.438. The van der Waals surface area contributed by atoms with Gasteiger partial charge >= 0.3 is 0 Å². The van der Waals surface area contributed by atoms with Crippen LogP contribution >= 0.6 is 11.8 Å². The predicted octanol–water partition coefficient (Wildman–Crippen LogP) is 2.93. The first-order chi connectivity index (χ1) is 10.7. The van der Waals surface area contributed by atoms with Gasteiger partial charge in [-0.1, -0.05) is 30.0 Å². The summed E-state index contributed by atoms with van der Waals surface area (Å²) in [6.07, 6.45) is 2.41. The van der Waals surface area contributed by atoms with E-state index < -0.39 is 0 Å². The van der Waals surface area contributed by atoms with Gasteiger partial charge in [-0.05, 0) is 31.9 Å². The van der Waals surface area contributed by atoms with Gasteiger partial charge in [0.1, 0.15) is 5.82 Å². The second-order valence-corrected chi connectivity index (χ2v) is 6.38. The van der Waals surface area contributed by atoms with E-state index in [1.165, 1.54) is 24.6 Å². The van der Waals surface area contributed by atoms with Crippen LogP contribution in [0.5, 0.6) is 0 Å². The highest BCUT2D eigenvalue weighted by atomic mass is 32.2. The van der Waals surface area contributed by atoms with Crippen LogP contribution in [0.4, 0.5) is 5.69 Å². The summed E-state index contributed by atoms with van der Waals surface area (Å²) >= 11 is 1.47. The molecule has 0 saturated heterocycles. The summed E-state index contributed by atoms with van der Waals surface area (Å²) in [6.45, 7) is 2.95. The van der Waals surface area contributed by atoms with Crippen LogP contribution in [0.3, 0.4) is 0 Å². The van der Waals surface area contributed by atoms with Crippen LogP contribution < -0.4 is 4.90 Å². The molecule has 0 unspecified atom stereocenters. The van der Waals surface area contributed by atoms with Gasteiger partial charge in [-0.15, -0.1) is 10.2 Å². The second-order valence-electron chi connectivity index (χ2n) is 5.44. The highest BCUT2D eigenvalue weighted by Crippen LogP contribution is 2.39. The number of carbonyl (C=O) groups is 1. The SMILES string of the molecule is CCn1c(SCC(=O)N(C)c2ccccc2)nnc1C1CC1. The van der Waals surface area contributed by atoms with E-state index in [-0.39, 0.29) is 5.91 Å². The third kappa shape index (κ3) is 3.16. The first-order valence-corrected chi connectivity index (χ1v) is 8.56. The average Bonchev–Trinajstić information content (AvgIpc) is 3.32. The molecule has 0 bridgehead atoms. The first kappa shape index (κ1) is 15.1. The zero-order valence-electron chi connectivity index (χ0n) is 12.9. The molecule has 0 N–H and O–H groups in total. The van der Waals surface area contributed by atoms with Gasteiger partial charge in [0.15, 0.2) is 5.16 Å². The van der Waals surface area contributed by atoms with Crippen molar-refractivity contribution in [3.63, 3.8) is 0 Å². The molecule has 1 aromatic heterocycles. The van der Waals surface area contributed by atoms with E-state index in [1.54, 1.807) is 11.9 Å². The standard InChI is InChI=1S/C16H20N4OS/c1-3-20-15(12-9-10-12)17-18-16(20)22-11-14(21)19(2)13-7-5-4-6-8-13/h4-8,12H,3,9-11H2,1-2H3. The summed E-state index contributed by atoms with van der Waals surface area (Å²) in [5.41, 5.74) is 0.906. The molecule has 1 amide bonds. The molecular formula is C16H20N4OS. The maximum absolute atomic E-state index is 12.3. The van der Waals surface area contributed by atoms with Crippen molar-refractivity contribution in [3.8, 4) is 0 Å². The molecule has 1 saturated carbocycles. The van der Waals surface area contributed by atoms with Crippen LogP contribution in [0.1, 0.15) is 31.5 Å². The molecular weight excluding hydrogens is 296 g/mol. The molecule has 0 radical (unpaired) electrons. The molecule has 1 aliphatic rings. The van der Waals surface area contributed by atoms with Gasteiger partial charge in [-0.25, -0.2) is 0 Å². The quantitative estimate of drug-likeness (QED) is 0.769. The molecule has 6 heteroatoms. The lowest BCUT2D eigenvalue weighted by Gasteiger charge is -2.16. The van der Waals surface area contributed by atoms with Crippen molar-refractivity contribution in [3.05, 3.63) is 36.2 Å². The Bertz CT molecular complexity index is 651. The fourth-order valence-electron chi connectivity index (χ4n) is 2.37. The van der Waals surface area contributed by atoms with Gasteiger partial charge in [-0.2, -0.15) is 0 Å². The lowest BCUT2D eigenvalue weighted by Crippen LogP contribution is -2.27. The third-order valence-corrected chi connectivity index (χ3v) is 4.80. The monoisotopic (exact) mass is 316 g/mol. The minimum absolute atomic E-state index is 0.0647. The number of nitrogens with zero attached hydrogens (tertiary/aromatic N) is 4. The van der Waals surface area contributed by atoms with Crippen LogP contribution in [0, 0.1) is 0 Å². The summed E-state index contributed by atoms with van der Waals surface area (Å²) in [5.74, 6) is 2.09. The zero-order chi connectivity index (χ0) is 15.5. The van der Waals surface area contributed by atoms with Crippen LogP contribution in [0.15, 0.2) is 35.5 Å². The van der Waals surface area contributed by atoms with Crippen molar-refractivity contribution in [2.75, 3.05) is 17.7 Å². The zero-order valence-corrected chi connectivity index (χ0v) is 13.7. The molecule has 5 nitrogen and oxygen atoms in total. The Labute approximate surface area is 134 Å². The van der Waals surface area contributed by atoms with Gasteiger partial charge in [0.2, 0.25) is 5.91 Å². The van der Waals surface area contributed by atoms with Gasteiger partial charge in [0.05, 0.1) is 5.75 Å². The van der Waals surface area contributed by atoms with E-state index >= 15 is 0 Å². The molecule has 22 heavy (non-hydrogen) atoms. The fourth-order valence-corrected chi connectivity index (χ4v) is 3.29. The highest BCUT2D eigenvalue weighted by molar-refractivity contribution is 7.99. The molecule has 1 aromatic carbocycles. The molecule has 1 aliphatic carbocycles. The van der Waals surface area contributed by atoms with Crippen molar-refractivity contribution < 1.29 is 4.79 Å².